The first-order valence-corrected chi connectivity index (χ1v) is 13.2. The number of fused-ring (bicyclic) bond motifs is 5. The highest BCUT2D eigenvalue weighted by molar-refractivity contribution is 5.17. The Hall–Kier alpha value is -0.190. The second-order valence-electron chi connectivity index (χ2n) is 12.8. The highest BCUT2D eigenvalue weighted by Gasteiger charge is 2.67. The van der Waals surface area contributed by atoms with Gasteiger partial charge in [0.15, 0.2) is 0 Å². The van der Waals surface area contributed by atoms with Gasteiger partial charge in [-0.3, -0.25) is 4.39 Å². The fourth-order valence-corrected chi connectivity index (χ4v) is 9.30. The molecule has 4 aliphatic carbocycles. The molecule has 0 bridgehead atoms. The molecule has 4 heteroatoms. The number of aliphatic hydroxyl groups excluding tert-OH is 2. The highest BCUT2D eigenvalue weighted by Crippen LogP contribution is 2.69. The first-order chi connectivity index (χ1) is 14.6. The smallest absolute Gasteiger partial charge is 0.0985 e. The van der Waals surface area contributed by atoms with E-state index >= 15 is 0 Å². The van der Waals surface area contributed by atoms with Crippen LogP contribution in [0.25, 0.3) is 0 Å². The normalized spacial score (nSPS) is 51.5. The summed E-state index contributed by atoms with van der Waals surface area (Å²) in [7, 11) is 0. The Balaban J connectivity index is 1.50. The largest absolute Gasteiger partial charge is 0.393 e. The molecule has 3 nitrogen and oxygen atoms in total. The standard InChI is InChI=1S/C27H47FO3/c1-17(16-28)6-5-7-18(2)21-8-9-22-20-14-24(30)27(31)15-19(29)10-13-26(27,4)23(20)11-12-25(21,22)3/h17-24,29-31H,5-16H2,1-4H3/t17?,18?,19-,20?,21+,22?,23?,24+,25+,26+,27-/m0/s1. The van der Waals surface area contributed by atoms with Gasteiger partial charge < -0.3 is 15.3 Å². The molecule has 0 saturated heterocycles. The maximum Gasteiger partial charge on any atom is 0.0985 e. The molecule has 0 amide bonds. The van der Waals surface area contributed by atoms with Crippen molar-refractivity contribution < 1.29 is 19.7 Å². The SMILES string of the molecule is CC(CF)CCCC(C)[C@H]1CCC2C3C[C@@H](O)[C@@]4(O)C[C@@H](O)CC[C@]4(C)C3CC[C@@]21C. The molecule has 180 valence electrons. The topological polar surface area (TPSA) is 60.7 Å². The van der Waals surface area contributed by atoms with Gasteiger partial charge in [-0.05, 0) is 92.3 Å². The Kier molecular flexibility index (Phi) is 6.60. The van der Waals surface area contributed by atoms with Crippen LogP contribution in [0.2, 0.25) is 0 Å². The predicted molar refractivity (Wildman–Crippen MR) is 122 cm³/mol. The fraction of sp³-hybridized carbons (Fsp3) is 1.00. The molecule has 0 aromatic carbocycles. The molecular weight excluding hydrogens is 391 g/mol. The van der Waals surface area contributed by atoms with Gasteiger partial charge in [-0.2, -0.15) is 0 Å². The van der Waals surface area contributed by atoms with Crippen molar-refractivity contribution in [3.8, 4) is 0 Å². The third-order valence-corrected chi connectivity index (χ3v) is 11.2. The zero-order valence-corrected chi connectivity index (χ0v) is 20.3. The minimum absolute atomic E-state index is 0.187. The summed E-state index contributed by atoms with van der Waals surface area (Å²) in [6, 6.07) is 0. The van der Waals surface area contributed by atoms with Gasteiger partial charge in [-0.15, -0.1) is 0 Å². The molecule has 0 spiro atoms. The van der Waals surface area contributed by atoms with Crippen molar-refractivity contribution in [1.82, 2.24) is 0 Å². The lowest BCUT2D eigenvalue weighted by atomic mass is 9.42. The van der Waals surface area contributed by atoms with E-state index in [1.54, 1.807) is 0 Å². The van der Waals surface area contributed by atoms with Crippen LogP contribution in [0.3, 0.4) is 0 Å². The van der Waals surface area contributed by atoms with Gasteiger partial charge in [0.2, 0.25) is 0 Å². The van der Waals surface area contributed by atoms with E-state index in [1.807, 2.05) is 6.92 Å². The molecule has 5 unspecified atom stereocenters. The van der Waals surface area contributed by atoms with Crippen molar-refractivity contribution >= 4 is 0 Å². The second kappa shape index (κ2) is 8.55. The molecule has 0 aromatic heterocycles. The van der Waals surface area contributed by atoms with Crippen LogP contribution in [0.1, 0.15) is 98.3 Å². The van der Waals surface area contributed by atoms with Crippen LogP contribution in [0, 0.1) is 46.3 Å². The number of aliphatic hydroxyl groups is 3. The molecule has 0 heterocycles. The van der Waals surface area contributed by atoms with E-state index in [1.165, 1.54) is 25.7 Å². The lowest BCUT2D eigenvalue weighted by Crippen LogP contribution is -2.68. The summed E-state index contributed by atoms with van der Waals surface area (Å²) in [5.74, 6) is 3.14. The van der Waals surface area contributed by atoms with Crippen LogP contribution in [0.4, 0.5) is 4.39 Å². The number of alkyl halides is 1. The van der Waals surface area contributed by atoms with Crippen LogP contribution in [-0.4, -0.2) is 39.8 Å². The summed E-state index contributed by atoms with van der Waals surface area (Å²) in [6.07, 6.45) is 9.57. The second-order valence-corrected chi connectivity index (χ2v) is 12.8. The van der Waals surface area contributed by atoms with Crippen LogP contribution in [-0.2, 0) is 0 Å². The maximum atomic E-state index is 12.8. The molecule has 4 aliphatic rings. The molecule has 3 N–H and O–H groups in total. The number of hydrogen-bond donors (Lipinski definition) is 3. The molecule has 11 atom stereocenters. The average molecular weight is 439 g/mol. The van der Waals surface area contributed by atoms with E-state index in [2.05, 4.69) is 20.8 Å². The van der Waals surface area contributed by atoms with E-state index in [0.717, 1.165) is 38.0 Å². The van der Waals surface area contributed by atoms with Crippen molar-refractivity contribution in [2.24, 2.45) is 46.3 Å². The van der Waals surface area contributed by atoms with Crippen LogP contribution in [0.5, 0.6) is 0 Å². The van der Waals surface area contributed by atoms with Crippen LogP contribution < -0.4 is 0 Å². The molecule has 4 fully saturated rings. The zero-order valence-electron chi connectivity index (χ0n) is 20.3. The first kappa shape index (κ1) is 24.0. The van der Waals surface area contributed by atoms with E-state index in [4.69, 9.17) is 0 Å². The fourth-order valence-electron chi connectivity index (χ4n) is 9.30. The molecule has 0 aromatic rings. The van der Waals surface area contributed by atoms with Crippen LogP contribution in [0.15, 0.2) is 0 Å². The van der Waals surface area contributed by atoms with Crippen molar-refractivity contribution in [3.63, 3.8) is 0 Å². The molecule has 0 aliphatic heterocycles. The van der Waals surface area contributed by atoms with Gasteiger partial charge in [0.05, 0.1) is 24.5 Å². The third kappa shape index (κ3) is 3.71. The monoisotopic (exact) mass is 438 g/mol. The zero-order chi connectivity index (χ0) is 22.6. The Labute approximate surface area is 189 Å². The number of rotatable bonds is 6. The highest BCUT2D eigenvalue weighted by atomic mass is 19.1. The summed E-state index contributed by atoms with van der Waals surface area (Å²) in [4.78, 5) is 0. The van der Waals surface area contributed by atoms with Gasteiger partial charge in [0, 0.05) is 11.8 Å². The van der Waals surface area contributed by atoms with Gasteiger partial charge in [0.25, 0.3) is 0 Å². The summed E-state index contributed by atoms with van der Waals surface area (Å²) in [5, 5.41) is 33.0. The number of halogens is 1. The van der Waals surface area contributed by atoms with Crippen molar-refractivity contribution in [1.29, 1.82) is 0 Å². The van der Waals surface area contributed by atoms with E-state index < -0.39 is 17.8 Å². The molecule has 4 rings (SSSR count). The average Bonchev–Trinajstić information content (AvgIpc) is 3.07. The Bertz CT molecular complexity index is 642. The quantitative estimate of drug-likeness (QED) is 0.513. The molecule has 31 heavy (non-hydrogen) atoms. The minimum Gasteiger partial charge on any atom is -0.393 e. The van der Waals surface area contributed by atoms with Crippen molar-refractivity contribution in [2.45, 2.75) is 116 Å². The number of hydrogen-bond acceptors (Lipinski definition) is 3. The first-order valence-electron chi connectivity index (χ1n) is 13.2. The summed E-state index contributed by atoms with van der Waals surface area (Å²) >= 11 is 0. The molecular formula is C27H47FO3. The summed E-state index contributed by atoms with van der Waals surface area (Å²) in [5.41, 5.74) is -1.11. The van der Waals surface area contributed by atoms with E-state index in [-0.39, 0.29) is 18.0 Å². The van der Waals surface area contributed by atoms with E-state index in [9.17, 15) is 19.7 Å². The minimum atomic E-state index is -1.14. The Morgan fingerprint density at radius 1 is 0.968 bits per heavy atom. The van der Waals surface area contributed by atoms with E-state index in [0.29, 0.717) is 41.9 Å². The van der Waals surface area contributed by atoms with Crippen molar-refractivity contribution in [2.75, 3.05) is 6.67 Å². The summed E-state index contributed by atoms with van der Waals surface area (Å²) < 4.78 is 12.8. The van der Waals surface area contributed by atoms with Gasteiger partial charge >= 0.3 is 0 Å². The summed E-state index contributed by atoms with van der Waals surface area (Å²) in [6.45, 7) is 8.96. The Morgan fingerprint density at radius 2 is 1.71 bits per heavy atom. The lowest BCUT2D eigenvalue weighted by molar-refractivity contribution is -0.264. The van der Waals surface area contributed by atoms with Gasteiger partial charge in [-0.1, -0.05) is 40.5 Å². The van der Waals surface area contributed by atoms with Crippen LogP contribution >= 0.6 is 0 Å². The Morgan fingerprint density at radius 3 is 2.42 bits per heavy atom. The molecule has 4 saturated carbocycles. The maximum absolute atomic E-state index is 12.8. The lowest BCUT2D eigenvalue weighted by Gasteiger charge is -2.65. The van der Waals surface area contributed by atoms with Gasteiger partial charge in [-0.25, -0.2) is 0 Å². The predicted octanol–water partition coefficient (Wildman–Crippen LogP) is 5.50. The third-order valence-electron chi connectivity index (χ3n) is 11.2. The van der Waals surface area contributed by atoms with Gasteiger partial charge in [0.1, 0.15) is 0 Å². The molecule has 0 radical (unpaired) electrons. The van der Waals surface area contributed by atoms with Crippen molar-refractivity contribution in [3.05, 3.63) is 0 Å².